The second kappa shape index (κ2) is 5.21. The lowest BCUT2D eigenvalue weighted by Crippen LogP contribution is -1.86. The van der Waals surface area contributed by atoms with Gasteiger partial charge in [-0.1, -0.05) is 23.4 Å². The summed E-state index contributed by atoms with van der Waals surface area (Å²) in [5.74, 6) is 5.33. The van der Waals surface area contributed by atoms with Crippen molar-refractivity contribution in [3.63, 3.8) is 0 Å². The number of benzene rings is 1. The lowest BCUT2D eigenvalue weighted by Gasteiger charge is -1.96. The first-order valence-electron chi connectivity index (χ1n) is 3.95. The molecule has 0 fully saturated rings. The van der Waals surface area contributed by atoms with Gasteiger partial charge in [0.25, 0.3) is 0 Å². The van der Waals surface area contributed by atoms with Crippen LogP contribution >= 0.6 is 11.6 Å². The largest absolute Gasteiger partial charge is 0.302 e. The quantitative estimate of drug-likeness (QED) is 0.549. The molecule has 0 unspecified atom stereocenters. The summed E-state index contributed by atoms with van der Waals surface area (Å²) in [6.45, 7) is 0. The maximum Gasteiger partial charge on any atom is 0.151 e. The van der Waals surface area contributed by atoms with Crippen LogP contribution in [0.4, 0.5) is 0 Å². The van der Waals surface area contributed by atoms with Gasteiger partial charge in [0.15, 0.2) is 6.29 Å². The van der Waals surface area contributed by atoms with Gasteiger partial charge in [0.05, 0.1) is 6.42 Å². The van der Waals surface area contributed by atoms with E-state index in [1.807, 2.05) is 0 Å². The monoisotopic (exact) mass is 206 g/mol. The molecular formula is C11H7ClO2. The van der Waals surface area contributed by atoms with E-state index in [1.54, 1.807) is 18.2 Å². The summed E-state index contributed by atoms with van der Waals surface area (Å²) in [5.41, 5.74) is 1.03. The average molecular weight is 207 g/mol. The van der Waals surface area contributed by atoms with Gasteiger partial charge in [-0.05, 0) is 18.2 Å². The molecule has 0 N–H and O–H groups in total. The molecule has 0 spiro atoms. The van der Waals surface area contributed by atoms with E-state index in [0.717, 1.165) is 0 Å². The van der Waals surface area contributed by atoms with Crippen molar-refractivity contribution in [2.75, 3.05) is 0 Å². The highest BCUT2D eigenvalue weighted by molar-refractivity contribution is 6.30. The minimum Gasteiger partial charge on any atom is -0.302 e. The number of hydrogen-bond donors (Lipinski definition) is 0. The summed E-state index contributed by atoms with van der Waals surface area (Å²) < 4.78 is 0. The minimum absolute atomic E-state index is 0.158. The van der Waals surface area contributed by atoms with Crippen LogP contribution in [-0.2, 0) is 4.79 Å². The van der Waals surface area contributed by atoms with Crippen LogP contribution in [-0.4, -0.2) is 12.6 Å². The molecule has 0 saturated carbocycles. The van der Waals surface area contributed by atoms with Crippen LogP contribution in [0.25, 0.3) is 0 Å². The molecule has 1 aromatic carbocycles. The van der Waals surface area contributed by atoms with Crippen molar-refractivity contribution < 1.29 is 9.59 Å². The Morgan fingerprint density at radius 2 is 2.14 bits per heavy atom. The number of carbonyl (C=O) groups is 2. The summed E-state index contributed by atoms with van der Waals surface area (Å²) in [7, 11) is 0. The maximum atomic E-state index is 10.6. The first kappa shape index (κ1) is 10.5. The molecule has 0 atom stereocenters. The van der Waals surface area contributed by atoms with Crippen LogP contribution in [0.5, 0.6) is 0 Å². The highest BCUT2D eigenvalue weighted by atomic mass is 35.5. The Balaban J connectivity index is 3.06. The molecule has 0 aliphatic carbocycles. The summed E-state index contributed by atoms with van der Waals surface area (Å²) in [6.07, 6.45) is 1.57. The molecule has 0 radical (unpaired) electrons. The number of carbonyl (C=O) groups excluding carboxylic acids is 2. The Labute approximate surface area is 86.9 Å². The van der Waals surface area contributed by atoms with Crippen molar-refractivity contribution in [3.05, 3.63) is 34.3 Å². The van der Waals surface area contributed by atoms with Gasteiger partial charge in [0.1, 0.15) is 6.29 Å². The zero-order chi connectivity index (χ0) is 10.4. The van der Waals surface area contributed by atoms with Crippen molar-refractivity contribution in [1.82, 2.24) is 0 Å². The Kier molecular flexibility index (Phi) is 3.90. The molecule has 0 heterocycles. The molecule has 0 saturated heterocycles. The van der Waals surface area contributed by atoms with Crippen molar-refractivity contribution in [1.29, 1.82) is 0 Å². The Hall–Kier alpha value is -1.59. The fourth-order valence-electron chi connectivity index (χ4n) is 0.927. The van der Waals surface area contributed by atoms with Gasteiger partial charge in [-0.25, -0.2) is 0 Å². The van der Waals surface area contributed by atoms with Gasteiger partial charge in [0, 0.05) is 16.1 Å². The molecule has 70 valence electrons. The van der Waals surface area contributed by atoms with E-state index in [-0.39, 0.29) is 6.42 Å². The number of rotatable bonds is 2. The number of halogens is 1. The number of hydrogen-bond acceptors (Lipinski definition) is 2. The molecular weight excluding hydrogens is 200 g/mol. The van der Waals surface area contributed by atoms with Gasteiger partial charge in [-0.2, -0.15) is 0 Å². The number of aldehydes is 2. The Bertz CT molecular complexity index is 413. The van der Waals surface area contributed by atoms with Crippen LogP contribution in [0.15, 0.2) is 18.2 Å². The third-order valence-electron chi connectivity index (χ3n) is 1.55. The molecule has 1 aromatic rings. The summed E-state index contributed by atoms with van der Waals surface area (Å²) in [5, 5.41) is 0.519. The standard InChI is InChI=1S/C11H7ClO2/c12-11-5-4-10(8-14)9(7-11)3-1-2-6-13/h4-8H,2H2. The molecule has 0 amide bonds. The van der Waals surface area contributed by atoms with Crippen molar-refractivity contribution in [2.24, 2.45) is 0 Å². The first-order chi connectivity index (χ1) is 6.77. The third-order valence-corrected chi connectivity index (χ3v) is 1.79. The third kappa shape index (κ3) is 2.72. The van der Waals surface area contributed by atoms with Gasteiger partial charge in [0.2, 0.25) is 0 Å². The zero-order valence-corrected chi connectivity index (χ0v) is 8.04. The molecule has 0 aliphatic heterocycles. The molecule has 0 bridgehead atoms. The minimum atomic E-state index is 0.158. The smallest absolute Gasteiger partial charge is 0.151 e. The highest BCUT2D eigenvalue weighted by Crippen LogP contribution is 2.13. The average Bonchev–Trinajstić information content (AvgIpc) is 2.19. The van der Waals surface area contributed by atoms with E-state index < -0.39 is 0 Å². The van der Waals surface area contributed by atoms with E-state index in [0.29, 0.717) is 28.7 Å². The Morgan fingerprint density at radius 3 is 2.79 bits per heavy atom. The summed E-state index contributed by atoms with van der Waals surface area (Å²) in [4.78, 5) is 20.6. The lowest BCUT2D eigenvalue weighted by molar-refractivity contribution is -0.107. The maximum absolute atomic E-state index is 10.6. The second-order valence-corrected chi connectivity index (χ2v) is 2.96. The van der Waals surface area contributed by atoms with Gasteiger partial charge in [-0.15, -0.1) is 0 Å². The summed E-state index contributed by atoms with van der Waals surface area (Å²) in [6, 6.07) is 4.82. The van der Waals surface area contributed by atoms with Crippen LogP contribution in [0, 0.1) is 11.8 Å². The van der Waals surface area contributed by atoms with Crippen LogP contribution < -0.4 is 0 Å². The second-order valence-electron chi connectivity index (χ2n) is 2.52. The van der Waals surface area contributed by atoms with Crippen molar-refractivity contribution in [3.8, 4) is 11.8 Å². The van der Waals surface area contributed by atoms with Crippen LogP contribution in [0.1, 0.15) is 22.3 Å². The van der Waals surface area contributed by atoms with Crippen LogP contribution in [0.2, 0.25) is 5.02 Å². The van der Waals surface area contributed by atoms with Crippen LogP contribution in [0.3, 0.4) is 0 Å². The fraction of sp³-hybridized carbons (Fsp3) is 0.0909. The molecule has 0 aromatic heterocycles. The van der Waals surface area contributed by atoms with E-state index in [4.69, 9.17) is 11.6 Å². The van der Waals surface area contributed by atoms with Crippen molar-refractivity contribution in [2.45, 2.75) is 6.42 Å². The fourth-order valence-corrected chi connectivity index (χ4v) is 1.10. The highest BCUT2D eigenvalue weighted by Gasteiger charge is 1.98. The Morgan fingerprint density at radius 1 is 1.36 bits per heavy atom. The SMILES string of the molecule is O=CCC#Cc1cc(Cl)ccc1C=O. The predicted octanol–water partition coefficient (Wildman–Crippen LogP) is 2.09. The van der Waals surface area contributed by atoms with E-state index >= 15 is 0 Å². The van der Waals surface area contributed by atoms with E-state index in [1.165, 1.54) is 0 Å². The molecule has 1 rings (SSSR count). The first-order valence-corrected chi connectivity index (χ1v) is 4.33. The normalized spacial score (nSPS) is 8.64. The molecule has 0 aliphatic rings. The van der Waals surface area contributed by atoms with Gasteiger partial charge < -0.3 is 4.79 Å². The van der Waals surface area contributed by atoms with Gasteiger partial charge in [-0.3, -0.25) is 4.79 Å². The summed E-state index contributed by atoms with van der Waals surface area (Å²) >= 11 is 5.73. The molecule has 14 heavy (non-hydrogen) atoms. The van der Waals surface area contributed by atoms with Crippen molar-refractivity contribution >= 4 is 24.2 Å². The topological polar surface area (TPSA) is 34.1 Å². The molecule has 3 heteroatoms. The lowest BCUT2D eigenvalue weighted by atomic mass is 10.1. The van der Waals surface area contributed by atoms with E-state index in [9.17, 15) is 9.59 Å². The predicted molar refractivity (Wildman–Crippen MR) is 54.4 cm³/mol. The molecule has 2 nitrogen and oxygen atoms in total. The zero-order valence-electron chi connectivity index (χ0n) is 7.29. The van der Waals surface area contributed by atoms with Gasteiger partial charge >= 0.3 is 0 Å². The van der Waals surface area contributed by atoms with E-state index in [2.05, 4.69) is 11.8 Å².